The van der Waals surface area contributed by atoms with E-state index in [2.05, 4.69) is 0 Å². The minimum atomic E-state index is -0.820. The lowest BCUT2D eigenvalue weighted by Gasteiger charge is -2.18. The van der Waals surface area contributed by atoms with E-state index < -0.39 is 17.9 Å². The average Bonchev–Trinajstić information content (AvgIpc) is 2.59. The topological polar surface area (TPSA) is 63.7 Å². The Balaban J connectivity index is 2.14. The molecule has 98 valence electrons. The van der Waals surface area contributed by atoms with Gasteiger partial charge < -0.3 is 4.74 Å². The summed E-state index contributed by atoms with van der Waals surface area (Å²) in [4.78, 5) is 36.5. The molecule has 0 saturated carbocycles. The molecule has 0 aromatic heterocycles. The van der Waals surface area contributed by atoms with Crippen LogP contribution >= 0.6 is 0 Å². The van der Waals surface area contributed by atoms with Crippen LogP contribution in [-0.2, 0) is 14.3 Å². The van der Waals surface area contributed by atoms with E-state index in [4.69, 9.17) is 4.74 Å². The minimum Gasteiger partial charge on any atom is -0.449 e. The zero-order chi connectivity index (χ0) is 13.3. The van der Waals surface area contributed by atoms with Crippen molar-refractivity contribution in [2.45, 2.75) is 33.1 Å². The summed E-state index contributed by atoms with van der Waals surface area (Å²) >= 11 is 0. The van der Waals surface area contributed by atoms with E-state index >= 15 is 0 Å². The third kappa shape index (κ3) is 2.05. The molecule has 0 bridgehead atoms. The van der Waals surface area contributed by atoms with Crippen LogP contribution in [0.4, 0.5) is 4.79 Å². The summed E-state index contributed by atoms with van der Waals surface area (Å²) in [6, 6.07) is 0. The summed E-state index contributed by atoms with van der Waals surface area (Å²) < 4.78 is 4.88. The first kappa shape index (κ1) is 12.8. The number of imide groups is 3. The third-order valence-corrected chi connectivity index (χ3v) is 3.44. The number of allylic oxidation sites excluding steroid dienone is 2. The number of hydrogen-bond donors (Lipinski definition) is 0. The molecule has 1 saturated heterocycles. The number of ether oxygens (including phenoxy) is 1. The number of hydrogen-bond acceptors (Lipinski definition) is 4. The maximum atomic E-state index is 12.1. The summed E-state index contributed by atoms with van der Waals surface area (Å²) in [5.41, 5.74) is 1.10. The molecule has 0 spiro atoms. The molecule has 3 amide bonds. The summed E-state index contributed by atoms with van der Waals surface area (Å²) in [5.74, 6) is -1.57. The normalized spacial score (nSPS) is 27.0. The predicted octanol–water partition coefficient (Wildman–Crippen LogP) is 1.87. The molecule has 0 N–H and O–H groups in total. The molecule has 5 nitrogen and oxygen atoms in total. The van der Waals surface area contributed by atoms with E-state index in [9.17, 15) is 14.4 Å². The quantitative estimate of drug-likeness (QED) is 0.555. The number of amides is 3. The summed E-state index contributed by atoms with van der Waals surface area (Å²) in [6.45, 7) is 4.02. The molecule has 1 fully saturated rings. The molecule has 18 heavy (non-hydrogen) atoms. The van der Waals surface area contributed by atoms with Crippen LogP contribution in [0.5, 0.6) is 0 Å². The van der Waals surface area contributed by atoms with Gasteiger partial charge in [-0.1, -0.05) is 18.6 Å². The Bertz CT molecular complexity index is 427. The zero-order valence-electron chi connectivity index (χ0n) is 10.6. The standard InChI is InChI=1S/C13H17NO4/c1-3-6-18-13(17)14-11(15)9-5-4-8(2)7-10(9)12(14)16/h4,9-10H,3,5-7H2,1-2H3. The molecule has 2 atom stereocenters. The van der Waals surface area contributed by atoms with Gasteiger partial charge in [-0.3, -0.25) is 9.59 Å². The Hall–Kier alpha value is -1.65. The van der Waals surface area contributed by atoms with E-state index in [0.29, 0.717) is 24.2 Å². The van der Waals surface area contributed by atoms with Crippen LogP contribution in [0.25, 0.3) is 0 Å². The molecule has 5 heteroatoms. The van der Waals surface area contributed by atoms with Gasteiger partial charge in [-0.05, 0) is 26.2 Å². The first-order valence-electron chi connectivity index (χ1n) is 6.26. The second-order valence-electron chi connectivity index (χ2n) is 4.83. The highest BCUT2D eigenvalue weighted by atomic mass is 16.6. The fourth-order valence-corrected chi connectivity index (χ4v) is 2.47. The Morgan fingerprint density at radius 3 is 2.72 bits per heavy atom. The van der Waals surface area contributed by atoms with Crippen molar-refractivity contribution in [1.82, 2.24) is 4.90 Å². The average molecular weight is 251 g/mol. The molecule has 1 aliphatic heterocycles. The smallest absolute Gasteiger partial charge is 0.423 e. The second kappa shape index (κ2) is 4.92. The van der Waals surface area contributed by atoms with Crippen molar-refractivity contribution in [1.29, 1.82) is 0 Å². The third-order valence-electron chi connectivity index (χ3n) is 3.44. The van der Waals surface area contributed by atoms with Gasteiger partial charge in [0.05, 0.1) is 18.4 Å². The van der Waals surface area contributed by atoms with Crippen LogP contribution in [-0.4, -0.2) is 29.4 Å². The Labute approximate surface area is 106 Å². The van der Waals surface area contributed by atoms with Crippen LogP contribution in [0.15, 0.2) is 11.6 Å². The minimum absolute atomic E-state index is 0.225. The maximum absolute atomic E-state index is 12.1. The molecular formula is C13H17NO4. The fourth-order valence-electron chi connectivity index (χ4n) is 2.47. The van der Waals surface area contributed by atoms with Gasteiger partial charge in [-0.15, -0.1) is 0 Å². The van der Waals surface area contributed by atoms with Gasteiger partial charge in [0.2, 0.25) is 11.8 Å². The lowest BCUT2D eigenvalue weighted by molar-refractivity contribution is -0.137. The van der Waals surface area contributed by atoms with Gasteiger partial charge in [-0.2, -0.15) is 4.90 Å². The van der Waals surface area contributed by atoms with Crippen molar-refractivity contribution < 1.29 is 19.1 Å². The van der Waals surface area contributed by atoms with Gasteiger partial charge in [0.25, 0.3) is 0 Å². The van der Waals surface area contributed by atoms with Crippen molar-refractivity contribution in [3.8, 4) is 0 Å². The molecule has 2 aliphatic rings. The number of carbonyl (C=O) groups excluding carboxylic acids is 3. The van der Waals surface area contributed by atoms with Crippen molar-refractivity contribution in [3.63, 3.8) is 0 Å². The lowest BCUT2D eigenvalue weighted by Crippen LogP contribution is -2.37. The number of carbonyl (C=O) groups is 3. The highest BCUT2D eigenvalue weighted by molar-refractivity contribution is 6.15. The fraction of sp³-hybridized carbons (Fsp3) is 0.615. The molecule has 0 aromatic rings. The highest BCUT2D eigenvalue weighted by Gasteiger charge is 2.51. The Morgan fingerprint density at radius 2 is 2.06 bits per heavy atom. The SMILES string of the molecule is CCCOC(=O)N1C(=O)C2CC=C(C)CC2C1=O. The second-order valence-corrected chi connectivity index (χ2v) is 4.83. The molecule has 2 rings (SSSR count). The highest BCUT2D eigenvalue weighted by Crippen LogP contribution is 2.37. The van der Waals surface area contributed by atoms with Crippen molar-refractivity contribution >= 4 is 17.9 Å². The van der Waals surface area contributed by atoms with Gasteiger partial charge in [0.1, 0.15) is 0 Å². The van der Waals surface area contributed by atoms with E-state index in [1.54, 1.807) is 0 Å². The molecule has 1 heterocycles. The van der Waals surface area contributed by atoms with Gasteiger partial charge >= 0.3 is 6.09 Å². The Morgan fingerprint density at radius 1 is 1.39 bits per heavy atom. The first-order valence-corrected chi connectivity index (χ1v) is 6.26. The maximum Gasteiger partial charge on any atom is 0.423 e. The summed E-state index contributed by atoms with van der Waals surface area (Å²) in [5, 5.41) is 0. The van der Waals surface area contributed by atoms with E-state index in [1.807, 2.05) is 19.9 Å². The lowest BCUT2D eigenvalue weighted by atomic mass is 9.82. The van der Waals surface area contributed by atoms with Gasteiger partial charge in [-0.25, -0.2) is 4.79 Å². The van der Waals surface area contributed by atoms with Crippen LogP contribution in [0.2, 0.25) is 0 Å². The molecule has 0 aromatic carbocycles. The van der Waals surface area contributed by atoms with Crippen molar-refractivity contribution in [2.24, 2.45) is 11.8 Å². The summed E-state index contributed by atoms with van der Waals surface area (Å²) in [6.07, 6.45) is 2.91. The largest absolute Gasteiger partial charge is 0.449 e. The zero-order valence-corrected chi connectivity index (χ0v) is 10.6. The molecule has 0 radical (unpaired) electrons. The van der Waals surface area contributed by atoms with E-state index in [0.717, 1.165) is 5.57 Å². The molecular weight excluding hydrogens is 234 g/mol. The van der Waals surface area contributed by atoms with Crippen molar-refractivity contribution in [2.75, 3.05) is 6.61 Å². The van der Waals surface area contributed by atoms with Gasteiger partial charge in [0.15, 0.2) is 0 Å². The van der Waals surface area contributed by atoms with Crippen LogP contribution in [0.1, 0.15) is 33.1 Å². The van der Waals surface area contributed by atoms with Crippen LogP contribution < -0.4 is 0 Å². The van der Waals surface area contributed by atoms with Crippen LogP contribution in [0, 0.1) is 11.8 Å². The summed E-state index contributed by atoms with van der Waals surface area (Å²) in [7, 11) is 0. The predicted molar refractivity (Wildman–Crippen MR) is 63.5 cm³/mol. The number of fused-ring (bicyclic) bond motifs is 1. The molecule has 2 unspecified atom stereocenters. The number of rotatable bonds is 2. The van der Waals surface area contributed by atoms with Crippen molar-refractivity contribution in [3.05, 3.63) is 11.6 Å². The number of likely N-dealkylation sites (tertiary alicyclic amines) is 1. The monoisotopic (exact) mass is 251 g/mol. The van der Waals surface area contributed by atoms with E-state index in [1.165, 1.54) is 0 Å². The number of nitrogens with zero attached hydrogens (tertiary/aromatic N) is 1. The first-order chi connectivity index (χ1) is 8.56. The Kier molecular flexibility index (Phi) is 3.50. The van der Waals surface area contributed by atoms with Gasteiger partial charge in [0, 0.05) is 0 Å². The van der Waals surface area contributed by atoms with E-state index in [-0.39, 0.29) is 18.4 Å². The van der Waals surface area contributed by atoms with Crippen LogP contribution in [0.3, 0.4) is 0 Å². The molecule has 1 aliphatic carbocycles.